The zero-order valence-electron chi connectivity index (χ0n) is 7.24. The first kappa shape index (κ1) is 10.0. The van der Waals surface area contributed by atoms with Crippen molar-refractivity contribution in [1.82, 2.24) is 9.97 Å². The maximum Gasteiger partial charge on any atom is 0.222 e. The van der Waals surface area contributed by atoms with Crippen molar-refractivity contribution in [2.24, 2.45) is 0 Å². The van der Waals surface area contributed by atoms with Crippen LogP contribution in [-0.4, -0.2) is 35.3 Å². The lowest BCUT2D eigenvalue weighted by molar-refractivity contribution is 0.304. The Hall–Kier alpha value is -1.07. The van der Waals surface area contributed by atoms with Gasteiger partial charge >= 0.3 is 0 Å². The molecule has 0 fully saturated rings. The second kappa shape index (κ2) is 4.25. The van der Waals surface area contributed by atoms with E-state index in [1.807, 2.05) is 0 Å². The topological polar surface area (TPSA) is 75.3 Å². The van der Waals surface area contributed by atoms with E-state index in [0.29, 0.717) is 17.4 Å². The second-order valence-corrected chi connectivity index (χ2v) is 2.95. The van der Waals surface area contributed by atoms with Crippen LogP contribution in [0.3, 0.4) is 0 Å². The first-order valence-corrected chi connectivity index (χ1v) is 4.13. The van der Waals surface area contributed by atoms with Crippen molar-refractivity contribution in [3.05, 3.63) is 11.2 Å². The minimum absolute atomic E-state index is 0.0384. The van der Waals surface area contributed by atoms with Crippen molar-refractivity contribution >= 4 is 23.4 Å². The van der Waals surface area contributed by atoms with Crippen LogP contribution in [0, 0.1) is 0 Å². The van der Waals surface area contributed by atoms with Crippen molar-refractivity contribution < 1.29 is 5.11 Å². The SMILES string of the molecule is CN(CCO)c1nc(N)ncc1Cl. The van der Waals surface area contributed by atoms with Crippen LogP contribution in [0.25, 0.3) is 0 Å². The summed E-state index contributed by atoms with van der Waals surface area (Å²) in [5.41, 5.74) is 5.39. The van der Waals surface area contributed by atoms with Gasteiger partial charge in [-0.15, -0.1) is 0 Å². The fourth-order valence-electron chi connectivity index (χ4n) is 0.895. The molecular weight excluding hydrogens is 192 g/mol. The molecule has 0 atom stereocenters. The number of halogens is 1. The van der Waals surface area contributed by atoms with Crippen LogP contribution in [0.4, 0.5) is 11.8 Å². The largest absolute Gasteiger partial charge is 0.395 e. The van der Waals surface area contributed by atoms with Crippen molar-refractivity contribution in [2.75, 3.05) is 30.8 Å². The second-order valence-electron chi connectivity index (χ2n) is 2.54. The molecule has 0 aliphatic carbocycles. The Morgan fingerprint density at radius 1 is 1.69 bits per heavy atom. The first-order chi connectivity index (χ1) is 6.15. The molecule has 3 N–H and O–H groups in total. The van der Waals surface area contributed by atoms with E-state index in [1.165, 1.54) is 6.20 Å². The van der Waals surface area contributed by atoms with Crippen molar-refractivity contribution in [3.63, 3.8) is 0 Å². The van der Waals surface area contributed by atoms with Crippen molar-refractivity contribution in [2.45, 2.75) is 0 Å². The molecule has 1 heterocycles. The van der Waals surface area contributed by atoms with Gasteiger partial charge in [0.15, 0.2) is 5.82 Å². The van der Waals surface area contributed by atoms with Crippen LogP contribution in [0.15, 0.2) is 6.20 Å². The van der Waals surface area contributed by atoms with E-state index in [0.717, 1.165) is 0 Å². The van der Waals surface area contributed by atoms with Gasteiger partial charge < -0.3 is 15.7 Å². The average Bonchev–Trinajstić information content (AvgIpc) is 2.09. The van der Waals surface area contributed by atoms with E-state index in [2.05, 4.69) is 9.97 Å². The summed E-state index contributed by atoms with van der Waals surface area (Å²) in [7, 11) is 1.77. The van der Waals surface area contributed by atoms with E-state index in [1.54, 1.807) is 11.9 Å². The Kier molecular flexibility index (Phi) is 3.27. The van der Waals surface area contributed by atoms with Crippen molar-refractivity contribution in [1.29, 1.82) is 0 Å². The Morgan fingerprint density at radius 2 is 2.38 bits per heavy atom. The summed E-state index contributed by atoms with van der Waals surface area (Å²) in [4.78, 5) is 9.38. The number of nitrogens with zero attached hydrogens (tertiary/aromatic N) is 3. The summed E-state index contributed by atoms with van der Waals surface area (Å²) >= 11 is 5.82. The highest BCUT2D eigenvalue weighted by atomic mass is 35.5. The molecule has 0 aliphatic heterocycles. The maximum absolute atomic E-state index is 8.70. The molecule has 1 aromatic heterocycles. The van der Waals surface area contributed by atoms with E-state index < -0.39 is 0 Å². The van der Waals surface area contributed by atoms with E-state index in [4.69, 9.17) is 22.4 Å². The first-order valence-electron chi connectivity index (χ1n) is 3.75. The van der Waals surface area contributed by atoms with Gasteiger partial charge in [0.1, 0.15) is 5.02 Å². The molecule has 0 unspecified atom stereocenters. The number of nitrogens with two attached hydrogens (primary N) is 1. The monoisotopic (exact) mass is 202 g/mol. The van der Waals surface area contributed by atoms with Gasteiger partial charge in [-0.05, 0) is 0 Å². The number of anilines is 2. The third kappa shape index (κ3) is 2.43. The molecule has 0 bridgehead atoms. The van der Waals surface area contributed by atoms with Crippen LogP contribution in [-0.2, 0) is 0 Å². The highest BCUT2D eigenvalue weighted by Gasteiger charge is 2.07. The average molecular weight is 203 g/mol. The normalized spacial score (nSPS) is 10.1. The molecule has 0 spiro atoms. The number of rotatable bonds is 3. The van der Waals surface area contributed by atoms with Crippen LogP contribution >= 0.6 is 11.6 Å². The molecule has 0 amide bonds. The van der Waals surface area contributed by atoms with Gasteiger partial charge in [0.2, 0.25) is 5.95 Å². The summed E-state index contributed by atoms with van der Waals surface area (Å²) in [6, 6.07) is 0. The molecule has 72 valence electrons. The van der Waals surface area contributed by atoms with Crippen molar-refractivity contribution in [3.8, 4) is 0 Å². The van der Waals surface area contributed by atoms with Gasteiger partial charge in [0, 0.05) is 13.6 Å². The minimum Gasteiger partial charge on any atom is -0.395 e. The highest BCUT2D eigenvalue weighted by molar-refractivity contribution is 6.32. The quantitative estimate of drug-likeness (QED) is 0.730. The molecule has 0 saturated carbocycles. The van der Waals surface area contributed by atoms with E-state index in [-0.39, 0.29) is 12.6 Å². The molecule has 0 radical (unpaired) electrons. The van der Waals surface area contributed by atoms with Gasteiger partial charge in [-0.3, -0.25) is 0 Å². The standard InChI is InChI=1S/C7H11ClN4O/c1-12(2-3-13)6-5(8)4-10-7(9)11-6/h4,13H,2-3H2,1H3,(H2,9,10,11). The summed E-state index contributed by atoms with van der Waals surface area (Å²) in [6.07, 6.45) is 1.44. The summed E-state index contributed by atoms with van der Waals surface area (Å²) in [6.45, 7) is 0.493. The van der Waals surface area contributed by atoms with Crippen LogP contribution in [0.2, 0.25) is 5.02 Å². The van der Waals surface area contributed by atoms with Crippen LogP contribution in [0.5, 0.6) is 0 Å². The molecular formula is C7H11ClN4O. The maximum atomic E-state index is 8.70. The summed E-state index contributed by atoms with van der Waals surface area (Å²) in [5.74, 6) is 0.701. The predicted octanol–water partition coefficient (Wildman–Crippen LogP) is 0.141. The van der Waals surface area contributed by atoms with Gasteiger partial charge in [-0.1, -0.05) is 11.6 Å². The van der Waals surface area contributed by atoms with Gasteiger partial charge in [0.25, 0.3) is 0 Å². The van der Waals surface area contributed by atoms with E-state index in [9.17, 15) is 0 Å². The third-order valence-electron chi connectivity index (χ3n) is 1.54. The number of aliphatic hydroxyl groups is 1. The Morgan fingerprint density at radius 3 is 3.00 bits per heavy atom. The summed E-state index contributed by atoms with van der Waals surface area (Å²) < 4.78 is 0. The fourth-order valence-corrected chi connectivity index (χ4v) is 1.13. The molecule has 6 heteroatoms. The zero-order chi connectivity index (χ0) is 9.84. The lowest BCUT2D eigenvalue weighted by Gasteiger charge is -2.17. The number of nitrogen functional groups attached to an aromatic ring is 1. The fraction of sp³-hybridized carbons (Fsp3) is 0.429. The van der Waals surface area contributed by atoms with Gasteiger partial charge in [0.05, 0.1) is 12.8 Å². The lowest BCUT2D eigenvalue weighted by atomic mass is 10.5. The molecule has 1 rings (SSSR count). The lowest BCUT2D eigenvalue weighted by Crippen LogP contribution is -2.23. The smallest absolute Gasteiger partial charge is 0.222 e. The number of hydrogen-bond donors (Lipinski definition) is 2. The third-order valence-corrected chi connectivity index (χ3v) is 1.81. The molecule has 0 saturated heterocycles. The highest BCUT2D eigenvalue weighted by Crippen LogP contribution is 2.21. The Balaban J connectivity index is 2.91. The molecule has 0 aliphatic rings. The Labute approximate surface area is 81.2 Å². The van der Waals surface area contributed by atoms with Gasteiger partial charge in [-0.25, -0.2) is 4.98 Å². The number of aliphatic hydroxyl groups excluding tert-OH is 1. The molecule has 5 nitrogen and oxygen atoms in total. The minimum atomic E-state index is 0.0384. The Bertz CT molecular complexity index is 294. The molecule has 0 aromatic carbocycles. The number of hydrogen-bond acceptors (Lipinski definition) is 5. The molecule has 1 aromatic rings. The van der Waals surface area contributed by atoms with Gasteiger partial charge in [-0.2, -0.15) is 4.98 Å². The number of aromatic nitrogens is 2. The van der Waals surface area contributed by atoms with E-state index >= 15 is 0 Å². The number of likely N-dealkylation sites (N-methyl/N-ethyl adjacent to an activating group) is 1. The zero-order valence-corrected chi connectivity index (χ0v) is 7.99. The summed E-state index contributed by atoms with van der Waals surface area (Å²) in [5, 5.41) is 9.12. The van der Waals surface area contributed by atoms with Crippen LogP contribution < -0.4 is 10.6 Å². The predicted molar refractivity (Wildman–Crippen MR) is 51.8 cm³/mol. The van der Waals surface area contributed by atoms with Crippen LogP contribution in [0.1, 0.15) is 0 Å². The molecule has 13 heavy (non-hydrogen) atoms.